The zero-order valence-corrected chi connectivity index (χ0v) is 18.3. The van der Waals surface area contributed by atoms with Gasteiger partial charge in [-0.15, -0.1) is 0 Å². The summed E-state index contributed by atoms with van der Waals surface area (Å²) >= 11 is 11.2. The second kappa shape index (κ2) is 10.5. The fourth-order valence-electron chi connectivity index (χ4n) is 2.72. The molecule has 0 spiro atoms. The van der Waals surface area contributed by atoms with Crippen molar-refractivity contribution < 1.29 is 9.59 Å². The Morgan fingerprint density at radius 3 is 2.26 bits per heavy atom. The van der Waals surface area contributed by atoms with Crippen LogP contribution in [0.15, 0.2) is 78.9 Å². The average Bonchev–Trinajstić information content (AvgIpc) is 2.74. The number of benzene rings is 3. The minimum absolute atomic E-state index is 0.158. The molecule has 5 nitrogen and oxygen atoms in total. The van der Waals surface area contributed by atoms with Gasteiger partial charge in [0.1, 0.15) is 0 Å². The lowest BCUT2D eigenvalue weighted by Crippen LogP contribution is -2.32. The largest absolute Gasteiger partial charge is 0.332 e. The Morgan fingerprint density at radius 2 is 1.58 bits per heavy atom. The van der Waals surface area contributed by atoms with Gasteiger partial charge in [0.2, 0.25) is 5.91 Å². The Kier molecular flexibility index (Phi) is 7.54. The number of thiocarbonyl (C=S) groups is 1. The smallest absolute Gasteiger partial charge is 0.255 e. The molecule has 0 bridgehead atoms. The van der Waals surface area contributed by atoms with Crippen molar-refractivity contribution in [3.05, 3.63) is 101 Å². The molecule has 0 aliphatic rings. The van der Waals surface area contributed by atoms with E-state index in [4.69, 9.17) is 23.8 Å². The van der Waals surface area contributed by atoms with E-state index in [-0.39, 0.29) is 16.9 Å². The van der Waals surface area contributed by atoms with Crippen molar-refractivity contribution in [1.29, 1.82) is 0 Å². The average molecular weight is 450 g/mol. The number of hydrogen-bond acceptors (Lipinski definition) is 3. The van der Waals surface area contributed by atoms with Crippen LogP contribution in [0.5, 0.6) is 0 Å². The molecular formula is C24H20ClN3O2S. The first-order valence-corrected chi connectivity index (χ1v) is 10.2. The first kappa shape index (κ1) is 22.2. The van der Waals surface area contributed by atoms with Crippen LogP contribution in [0.25, 0.3) is 6.08 Å². The monoisotopic (exact) mass is 449 g/mol. The topological polar surface area (TPSA) is 70.2 Å². The van der Waals surface area contributed by atoms with Crippen molar-refractivity contribution in [3.8, 4) is 0 Å². The molecule has 3 N–H and O–H groups in total. The predicted molar refractivity (Wildman–Crippen MR) is 130 cm³/mol. The molecular weight excluding hydrogens is 430 g/mol. The van der Waals surface area contributed by atoms with Gasteiger partial charge < -0.3 is 10.6 Å². The van der Waals surface area contributed by atoms with Gasteiger partial charge in [-0.3, -0.25) is 14.9 Å². The quantitative estimate of drug-likeness (QED) is 0.359. The summed E-state index contributed by atoms with van der Waals surface area (Å²) in [6, 6.07) is 21.6. The third-order valence-electron chi connectivity index (χ3n) is 4.24. The van der Waals surface area contributed by atoms with E-state index >= 15 is 0 Å². The molecule has 2 amide bonds. The molecule has 0 fully saturated rings. The Morgan fingerprint density at radius 1 is 0.903 bits per heavy atom. The van der Waals surface area contributed by atoms with Crippen LogP contribution in [0.3, 0.4) is 0 Å². The van der Waals surface area contributed by atoms with Crippen LogP contribution in [-0.4, -0.2) is 16.9 Å². The fourth-order valence-corrected chi connectivity index (χ4v) is 3.14. The normalized spacial score (nSPS) is 10.5. The highest BCUT2D eigenvalue weighted by atomic mass is 35.5. The Hall–Kier alpha value is -3.48. The van der Waals surface area contributed by atoms with E-state index < -0.39 is 0 Å². The van der Waals surface area contributed by atoms with Gasteiger partial charge in [-0.1, -0.05) is 47.5 Å². The zero-order valence-electron chi connectivity index (χ0n) is 16.7. The van der Waals surface area contributed by atoms with Crippen LogP contribution in [0.4, 0.5) is 11.4 Å². The van der Waals surface area contributed by atoms with Crippen molar-refractivity contribution in [2.24, 2.45) is 0 Å². The van der Waals surface area contributed by atoms with E-state index in [1.54, 1.807) is 42.5 Å². The van der Waals surface area contributed by atoms with E-state index in [1.807, 2.05) is 43.3 Å². The third-order valence-corrected chi connectivity index (χ3v) is 4.79. The lowest BCUT2D eigenvalue weighted by atomic mass is 10.1. The van der Waals surface area contributed by atoms with Gasteiger partial charge in [-0.05, 0) is 73.2 Å². The molecule has 0 atom stereocenters. The van der Waals surface area contributed by atoms with Gasteiger partial charge in [0.25, 0.3) is 5.91 Å². The van der Waals surface area contributed by atoms with Crippen LogP contribution in [0, 0.1) is 6.92 Å². The molecule has 3 aromatic carbocycles. The molecule has 31 heavy (non-hydrogen) atoms. The van der Waals surface area contributed by atoms with Gasteiger partial charge >= 0.3 is 0 Å². The molecule has 3 aromatic rings. The van der Waals surface area contributed by atoms with Gasteiger partial charge in [0.05, 0.1) is 0 Å². The number of aryl methyl sites for hydroxylation is 1. The number of rotatable bonds is 5. The number of nitrogens with one attached hydrogen (secondary N) is 3. The highest BCUT2D eigenvalue weighted by molar-refractivity contribution is 7.80. The number of hydrogen-bond donors (Lipinski definition) is 3. The van der Waals surface area contributed by atoms with Gasteiger partial charge in [-0.2, -0.15) is 0 Å². The Bertz CT molecular complexity index is 1140. The lowest BCUT2D eigenvalue weighted by molar-refractivity contribution is -0.115. The molecule has 3 rings (SSSR count). The highest BCUT2D eigenvalue weighted by Crippen LogP contribution is 2.17. The summed E-state index contributed by atoms with van der Waals surface area (Å²) in [6.45, 7) is 1.94. The maximum absolute atomic E-state index is 12.3. The third kappa shape index (κ3) is 6.77. The first-order valence-electron chi connectivity index (χ1n) is 9.43. The van der Waals surface area contributed by atoms with E-state index in [0.717, 1.165) is 11.1 Å². The number of halogens is 1. The number of anilines is 2. The van der Waals surface area contributed by atoms with Gasteiger partial charge in [-0.25, -0.2) is 0 Å². The summed E-state index contributed by atoms with van der Waals surface area (Å²) in [5, 5.41) is 9.06. The summed E-state index contributed by atoms with van der Waals surface area (Å²) in [5.41, 5.74) is 3.67. The summed E-state index contributed by atoms with van der Waals surface area (Å²) in [4.78, 5) is 24.4. The molecule has 7 heteroatoms. The summed E-state index contributed by atoms with van der Waals surface area (Å²) in [7, 11) is 0. The molecule has 156 valence electrons. The van der Waals surface area contributed by atoms with E-state index in [1.165, 1.54) is 6.08 Å². The molecule has 0 aliphatic carbocycles. The lowest BCUT2D eigenvalue weighted by Gasteiger charge is -2.10. The van der Waals surface area contributed by atoms with Gasteiger partial charge in [0, 0.05) is 28.0 Å². The molecule has 0 unspecified atom stereocenters. The molecule has 0 aromatic heterocycles. The van der Waals surface area contributed by atoms with Crippen molar-refractivity contribution >= 4 is 58.2 Å². The Balaban J connectivity index is 1.52. The van der Waals surface area contributed by atoms with Crippen molar-refractivity contribution in [2.75, 3.05) is 10.6 Å². The van der Waals surface area contributed by atoms with Gasteiger partial charge in [0.15, 0.2) is 5.11 Å². The molecule has 0 heterocycles. The number of carbonyl (C=O) groups excluding carboxylic acids is 2. The van der Waals surface area contributed by atoms with Crippen molar-refractivity contribution in [1.82, 2.24) is 5.32 Å². The van der Waals surface area contributed by atoms with Crippen LogP contribution in [0.1, 0.15) is 21.5 Å². The SMILES string of the molecule is Cc1cccc(C(=O)Nc2ccc(NC(=S)NC(=O)/C=C/c3ccccc3Cl)cc2)c1. The van der Waals surface area contributed by atoms with Crippen LogP contribution < -0.4 is 16.0 Å². The Labute approximate surface area is 191 Å². The second-order valence-electron chi connectivity index (χ2n) is 6.70. The number of amides is 2. The fraction of sp³-hybridized carbons (Fsp3) is 0.0417. The van der Waals surface area contributed by atoms with E-state index in [0.29, 0.717) is 22.0 Å². The van der Waals surface area contributed by atoms with E-state index in [2.05, 4.69) is 16.0 Å². The van der Waals surface area contributed by atoms with Crippen molar-refractivity contribution in [3.63, 3.8) is 0 Å². The molecule has 0 saturated carbocycles. The maximum atomic E-state index is 12.3. The standard InChI is InChI=1S/C24H20ClN3O2S/c1-16-5-4-7-18(15-16)23(30)26-19-10-12-20(13-11-19)27-24(31)28-22(29)14-9-17-6-2-3-8-21(17)25/h2-15H,1H3,(H,26,30)(H2,27,28,29,31)/b14-9+. The van der Waals surface area contributed by atoms with E-state index in [9.17, 15) is 9.59 Å². The highest BCUT2D eigenvalue weighted by Gasteiger charge is 2.07. The molecule has 0 aliphatic heterocycles. The summed E-state index contributed by atoms with van der Waals surface area (Å²) < 4.78 is 0. The molecule has 0 radical (unpaired) electrons. The van der Waals surface area contributed by atoms with Crippen LogP contribution in [-0.2, 0) is 4.79 Å². The summed E-state index contributed by atoms with van der Waals surface area (Å²) in [6.07, 6.45) is 2.98. The minimum atomic E-state index is -0.376. The predicted octanol–water partition coefficient (Wildman–Crippen LogP) is 5.43. The first-order chi connectivity index (χ1) is 14.9. The molecule has 0 saturated heterocycles. The maximum Gasteiger partial charge on any atom is 0.255 e. The zero-order chi connectivity index (χ0) is 22.2. The minimum Gasteiger partial charge on any atom is -0.332 e. The second-order valence-corrected chi connectivity index (χ2v) is 7.51. The van der Waals surface area contributed by atoms with Crippen LogP contribution >= 0.6 is 23.8 Å². The number of carbonyl (C=O) groups is 2. The summed E-state index contributed by atoms with van der Waals surface area (Å²) in [5.74, 6) is -0.558. The van der Waals surface area contributed by atoms with Crippen molar-refractivity contribution in [2.45, 2.75) is 6.92 Å². The van der Waals surface area contributed by atoms with Crippen LogP contribution in [0.2, 0.25) is 5.02 Å².